The maximum Gasteiger partial charge on any atom is 0.227 e. The summed E-state index contributed by atoms with van der Waals surface area (Å²) >= 11 is 1.67. The van der Waals surface area contributed by atoms with Gasteiger partial charge >= 0.3 is 0 Å². The first kappa shape index (κ1) is 13.4. The largest absolute Gasteiger partial charge is 0.342 e. The average molecular weight is 285 g/mol. The smallest absolute Gasteiger partial charge is 0.227 e. The lowest BCUT2D eigenvalue weighted by Crippen LogP contribution is -2.30. The Morgan fingerprint density at radius 2 is 2.05 bits per heavy atom. The van der Waals surface area contributed by atoms with Crippen molar-refractivity contribution in [3.63, 3.8) is 0 Å². The minimum atomic E-state index is 0.281. The Morgan fingerprint density at radius 1 is 1.20 bits per heavy atom. The Kier molecular flexibility index (Phi) is 4.16. The predicted octanol–water partition coefficient (Wildman–Crippen LogP) is 3.38. The van der Waals surface area contributed by atoms with Crippen LogP contribution in [0.5, 0.6) is 0 Å². The van der Waals surface area contributed by atoms with Crippen LogP contribution in [0.15, 0.2) is 47.8 Å². The van der Waals surface area contributed by atoms with E-state index < -0.39 is 0 Å². The van der Waals surface area contributed by atoms with E-state index in [0.29, 0.717) is 12.3 Å². The molecule has 1 unspecified atom stereocenters. The average Bonchev–Trinajstić information content (AvgIpc) is 3.11. The van der Waals surface area contributed by atoms with Gasteiger partial charge in [-0.2, -0.15) is 0 Å². The van der Waals surface area contributed by atoms with E-state index in [1.807, 2.05) is 22.4 Å². The van der Waals surface area contributed by atoms with Crippen molar-refractivity contribution < 1.29 is 4.79 Å². The van der Waals surface area contributed by atoms with Crippen LogP contribution in [0.4, 0.5) is 0 Å². The fourth-order valence-electron chi connectivity index (χ4n) is 2.85. The minimum absolute atomic E-state index is 0.281. The second-order valence-corrected chi connectivity index (χ2v) is 6.47. The summed E-state index contributed by atoms with van der Waals surface area (Å²) in [6.45, 7) is 1.83. The van der Waals surface area contributed by atoms with Crippen LogP contribution in [0.25, 0.3) is 0 Å². The first-order valence-corrected chi connectivity index (χ1v) is 8.03. The zero-order valence-electron chi connectivity index (χ0n) is 11.5. The number of nitrogens with zero attached hydrogens (tertiary/aromatic N) is 1. The number of hydrogen-bond acceptors (Lipinski definition) is 2. The van der Waals surface area contributed by atoms with E-state index in [9.17, 15) is 4.79 Å². The van der Waals surface area contributed by atoms with Crippen LogP contribution in [-0.4, -0.2) is 23.9 Å². The van der Waals surface area contributed by atoms with Crippen molar-refractivity contribution in [2.45, 2.75) is 19.3 Å². The molecule has 3 heteroatoms. The van der Waals surface area contributed by atoms with Gasteiger partial charge in [0.15, 0.2) is 0 Å². The van der Waals surface area contributed by atoms with E-state index in [1.165, 1.54) is 10.4 Å². The molecule has 1 atom stereocenters. The molecule has 20 heavy (non-hydrogen) atoms. The number of amides is 1. The van der Waals surface area contributed by atoms with Gasteiger partial charge in [-0.1, -0.05) is 36.4 Å². The third-order valence-electron chi connectivity index (χ3n) is 3.91. The highest BCUT2D eigenvalue weighted by Gasteiger charge is 2.26. The number of carbonyl (C=O) groups excluding carboxylic acids is 1. The maximum atomic E-state index is 12.2. The summed E-state index contributed by atoms with van der Waals surface area (Å²) < 4.78 is 0. The van der Waals surface area contributed by atoms with Gasteiger partial charge in [0, 0.05) is 18.0 Å². The van der Waals surface area contributed by atoms with Crippen molar-refractivity contribution >= 4 is 17.2 Å². The summed E-state index contributed by atoms with van der Waals surface area (Å²) in [6.07, 6.45) is 2.78. The lowest BCUT2D eigenvalue weighted by molar-refractivity contribution is -0.129. The lowest BCUT2D eigenvalue weighted by atomic mass is 9.99. The molecule has 0 radical (unpaired) electrons. The van der Waals surface area contributed by atoms with Gasteiger partial charge in [0.2, 0.25) is 5.91 Å². The number of carbonyl (C=O) groups is 1. The molecule has 0 bridgehead atoms. The van der Waals surface area contributed by atoms with E-state index in [0.717, 1.165) is 25.9 Å². The Labute approximate surface area is 124 Å². The van der Waals surface area contributed by atoms with Crippen molar-refractivity contribution in [1.82, 2.24) is 4.90 Å². The highest BCUT2D eigenvalue weighted by atomic mass is 32.1. The molecule has 1 amide bonds. The second-order valence-electron chi connectivity index (χ2n) is 5.44. The maximum absolute atomic E-state index is 12.2. The summed E-state index contributed by atoms with van der Waals surface area (Å²) in [6, 6.07) is 14.6. The molecule has 2 aromatic rings. The molecule has 1 aliphatic rings. The Hall–Kier alpha value is -1.61. The number of benzene rings is 1. The normalized spacial score (nSPS) is 18.4. The molecule has 2 heterocycles. The standard InChI is InChI=1S/C17H19NOS/c19-17(12-16-7-4-10-20-16)18-9-8-15(13-18)11-14-5-2-1-3-6-14/h1-7,10,15H,8-9,11-13H2. The highest BCUT2D eigenvalue weighted by molar-refractivity contribution is 7.10. The van der Waals surface area contributed by atoms with Crippen molar-refractivity contribution in [2.75, 3.05) is 13.1 Å². The quantitative estimate of drug-likeness (QED) is 0.843. The lowest BCUT2D eigenvalue weighted by Gasteiger charge is -2.16. The zero-order chi connectivity index (χ0) is 13.8. The van der Waals surface area contributed by atoms with Crippen LogP contribution in [-0.2, 0) is 17.6 Å². The molecule has 0 aliphatic carbocycles. The van der Waals surface area contributed by atoms with Gasteiger partial charge in [-0.3, -0.25) is 4.79 Å². The van der Waals surface area contributed by atoms with Crippen LogP contribution < -0.4 is 0 Å². The van der Waals surface area contributed by atoms with Gasteiger partial charge in [-0.05, 0) is 35.8 Å². The molecule has 104 valence electrons. The van der Waals surface area contributed by atoms with Crippen LogP contribution in [0.1, 0.15) is 16.9 Å². The summed E-state index contributed by atoms with van der Waals surface area (Å²) in [4.78, 5) is 15.4. The third kappa shape index (κ3) is 3.28. The SMILES string of the molecule is O=C(Cc1cccs1)N1CCC(Cc2ccccc2)C1. The third-order valence-corrected chi connectivity index (χ3v) is 4.79. The van der Waals surface area contributed by atoms with E-state index >= 15 is 0 Å². The summed E-state index contributed by atoms with van der Waals surface area (Å²) in [5, 5.41) is 2.03. The van der Waals surface area contributed by atoms with Gasteiger partial charge in [0.1, 0.15) is 0 Å². The molecule has 1 aliphatic heterocycles. The number of rotatable bonds is 4. The molecule has 1 fully saturated rings. The molecular formula is C17H19NOS. The van der Waals surface area contributed by atoms with E-state index in [2.05, 4.69) is 30.3 Å². The molecule has 1 aromatic heterocycles. The van der Waals surface area contributed by atoms with Crippen molar-refractivity contribution in [3.05, 3.63) is 58.3 Å². The monoisotopic (exact) mass is 285 g/mol. The molecule has 1 saturated heterocycles. The summed E-state index contributed by atoms with van der Waals surface area (Å²) in [5.41, 5.74) is 1.38. The van der Waals surface area contributed by atoms with Gasteiger partial charge in [0.05, 0.1) is 6.42 Å². The van der Waals surface area contributed by atoms with E-state index in [4.69, 9.17) is 0 Å². The molecular weight excluding hydrogens is 266 g/mol. The summed E-state index contributed by atoms with van der Waals surface area (Å²) in [5.74, 6) is 0.896. The second kappa shape index (κ2) is 6.23. The summed E-state index contributed by atoms with van der Waals surface area (Å²) in [7, 11) is 0. The molecule has 1 aromatic carbocycles. The van der Waals surface area contributed by atoms with Crippen molar-refractivity contribution in [3.8, 4) is 0 Å². The van der Waals surface area contributed by atoms with Crippen LogP contribution in [0.2, 0.25) is 0 Å². The van der Waals surface area contributed by atoms with E-state index in [-0.39, 0.29) is 5.91 Å². The Bertz CT molecular complexity index is 550. The van der Waals surface area contributed by atoms with Crippen molar-refractivity contribution in [1.29, 1.82) is 0 Å². The highest BCUT2D eigenvalue weighted by Crippen LogP contribution is 2.22. The molecule has 0 saturated carbocycles. The number of thiophene rings is 1. The fraction of sp³-hybridized carbons (Fsp3) is 0.353. The van der Waals surface area contributed by atoms with Gasteiger partial charge in [0.25, 0.3) is 0 Å². The Balaban J connectivity index is 1.53. The van der Waals surface area contributed by atoms with Crippen LogP contribution in [0.3, 0.4) is 0 Å². The number of likely N-dealkylation sites (tertiary alicyclic amines) is 1. The van der Waals surface area contributed by atoms with Crippen LogP contribution >= 0.6 is 11.3 Å². The van der Waals surface area contributed by atoms with Gasteiger partial charge < -0.3 is 4.90 Å². The molecule has 3 rings (SSSR count). The zero-order valence-corrected chi connectivity index (χ0v) is 12.3. The van der Waals surface area contributed by atoms with E-state index in [1.54, 1.807) is 11.3 Å². The van der Waals surface area contributed by atoms with Gasteiger partial charge in [-0.15, -0.1) is 11.3 Å². The molecule has 0 N–H and O–H groups in total. The Morgan fingerprint density at radius 3 is 2.80 bits per heavy atom. The fourth-order valence-corrected chi connectivity index (χ4v) is 3.54. The first-order chi connectivity index (χ1) is 9.81. The number of hydrogen-bond donors (Lipinski definition) is 0. The predicted molar refractivity (Wildman–Crippen MR) is 82.9 cm³/mol. The van der Waals surface area contributed by atoms with Crippen LogP contribution in [0, 0.1) is 5.92 Å². The first-order valence-electron chi connectivity index (χ1n) is 7.15. The van der Waals surface area contributed by atoms with Gasteiger partial charge in [-0.25, -0.2) is 0 Å². The molecule has 0 spiro atoms. The van der Waals surface area contributed by atoms with Crippen molar-refractivity contribution in [2.24, 2.45) is 5.92 Å². The minimum Gasteiger partial charge on any atom is -0.342 e. The topological polar surface area (TPSA) is 20.3 Å². The molecule has 2 nitrogen and oxygen atoms in total.